The highest BCUT2D eigenvalue weighted by Crippen LogP contribution is 2.29. The number of nitrogens with zero attached hydrogens (tertiary/aromatic N) is 2. The Balaban J connectivity index is 1.63. The zero-order valence-corrected chi connectivity index (χ0v) is 9.78. The fourth-order valence-electron chi connectivity index (χ4n) is 2.24. The number of piperidine rings is 1. The molecule has 3 heteroatoms. The molecule has 0 unspecified atom stereocenters. The van der Waals surface area contributed by atoms with Crippen LogP contribution < -0.4 is 5.73 Å². The van der Waals surface area contributed by atoms with Crippen LogP contribution in [0.5, 0.6) is 0 Å². The van der Waals surface area contributed by atoms with Gasteiger partial charge in [0.05, 0.1) is 5.84 Å². The molecule has 1 aliphatic carbocycles. The first-order valence-corrected chi connectivity index (χ1v) is 6.24. The Morgan fingerprint density at radius 3 is 2.53 bits per heavy atom. The van der Waals surface area contributed by atoms with Gasteiger partial charge in [-0.05, 0) is 58.2 Å². The van der Waals surface area contributed by atoms with Crippen LogP contribution in [0, 0.1) is 11.8 Å². The molecule has 0 bridgehead atoms. The summed E-state index contributed by atoms with van der Waals surface area (Å²) >= 11 is 0. The monoisotopic (exact) mass is 209 g/mol. The second-order valence-corrected chi connectivity index (χ2v) is 5.12. The van der Waals surface area contributed by atoms with Crippen molar-refractivity contribution < 1.29 is 0 Å². The number of hydrogen-bond acceptors (Lipinski definition) is 2. The molecular weight excluding hydrogens is 186 g/mol. The molecule has 2 fully saturated rings. The van der Waals surface area contributed by atoms with Crippen molar-refractivity contribution in [1.29, 1.82) is 0 Å². The predicted octanol–water partition coefficient (Wildman–Crippen LogP) is 1.49. The van der Waals surface area contributed by atoms with Gasteiger partial charge in [0.15, 0.2) is 0 Å². The molecule has 0 aromatic rings. The van der Waals surface area contributed by atoms with Crippen LogP contribution in [0.4, 0.5) is 0 Å². The van der Waals surface area contributed by atoms with E-state index in [1.165, 1.54) is 45.2 Å². The van der Waals surface area contributed by atoms with Gasteiger partial charge in [0.25, 0.3) is 0 Å². The van der Waals surface area contributed by atoms with Gasteiger partial charge in [-0.15, -0.1) is 0 Å². The minimum absolute atomic E-state index is 0.641. The smallest absolute Gasteiger partial charge is 0.0968 e. The van der Waals surface area contributed by atoms with E-state index in [0.717, 1.165) is 18.3 Å². The molecule has 3 nitrogen and oxygen atoms in total. The van der Waals surface area contributed by atoms with Crippen molar-refractivity contribution in [2.75, 3.05) is 26.7 Å². The lowest BCUT2D eigenvalue weighted by atomic mass is 9.94. The largest absolute Gasteiger partial charge is 0.387 e. The quantitative estimate of drug-likeness (QED) is 0.563. The van der Waals surface area contributed by atoms with Crippen LogP contribution in [-0.2, 0) is 0 Å². The van der Waals surface area contributed by atoms with Gasteiger partial charge in [-0.3, -0.25) is 4.99 Å². The molecule has 1 aliphatic heterocycles. The molecule has 0 amide bonds. The topological polar surface area (TPSA) is 41.6 Å². The molecule has 2 N–H and O–H groups in total. The van der Waals surface area contributed by atoms with Gasteiger partial charge < -0.3 is 10.6 Å². The normalized spacial score (nSPS) is 25.8. The van der Waals surface area contributed by atoms with Gasteiger partial charge >= 0.3 is 0 Å². The summed E-state index contributed by atoms with van der Waals surface area (Å²) in [6.45, 7) is 3.47. The number of amidine groups is 1. The lowest BCUT2D eigenvalue weighted by Crippen LogP contribution is -2.30. The average Bonchev–Trinajstić information content (AvgIpc) is 3.04. The number of aliphatic imine (C=N–C) groups is 1. The van der Waals surface area contributed by atoms with Crippen LogP contribution >= 0.6 is 0 Å². The molecule has 1 heterocycles. The summed E-state index contributed by atoms with van der Waals surface area (Å²) in [5, 5.41) is 0. The zero-order valence-electron chi connectivity index (χ0n) is 9.78. The first-order valence-electron chi connectivity index (χ1n) is 6.24. The third-order valence-corrected chi connectivity index (χ3v) is 3.67. The summed E-state index contributed by atoms with van der Waals surface area (Å²) in [4.78, 5) is 6.90. The van der Waals surface area contributed by atoms with E-state index < -0.39 is 0 Å². The second-order valence-electron chi connectivity index (χ2n) is 5.12. The maximum atomic E-state index is 5.86. The fraction of sp³-hybridized carbons (Fsp3) is 0.917. The van der Waals surface area contributed by atoms with Crippen molar-refractivity contribution in [3.05, 3.63) is 0 Å². The molecule has 2 rings (SSSR count). The average molecular weight is 209 g/mol. The number of rotatable bonds is 4. The number of nitrogens with two attached hydrogens (primary N) is 1. The molecule has 15 heavy (non-hydrogen) atoms. The Bertz CT molecular complexity index is 225. The Hall–Kier alpha value is -0.570. The second kappa shape index (κ2) is 4.97. The van der Waals surface area contributed by atoms with Gasteiger partial charge in [0, 0.05) is 12.5 Å². The summed E-state index contributed by atoms with van der Waals surface area (Å²) in [5.41, 5.74) is 5.86. The molecule has 0 spiro atoms. The summed E-state index contributed by atoms with van der Waals surface area (Å²) in [5.74, 6) is 2.45. The lowest BCUT2D eigenvalue weighted by Gasteiger charge is -2.28. The minimum atomic E-state index is 0.641. The Kier molecular flexibility index (Phi) is 3.62. The van der Waals surface area contributed by atoms with E-state index in [-0.39, 0.29) is 0 Å². The molecular formula is C12H23N3. The van der Waals surface area contributed by atoms with Crippen LogP contribution in [0.1, 0.15) is 32.1 Å². The third kappa shape index (κ3) is 3.49. The molecule has 2 aliphatic rings. The number of likely N-dealkylation sites (tertiary alicyclic amines) is 1. The van der Waals surface area contributed by atoms with Crippen molar-refractivity contribution in [3.8, 4) is 0 Å². The van der Waals surface area contributed by atoms with Crippen molar-refractivity contribution >= 4 is 5.84 Å². The van der Waals surface area contributed by atoms with E-state index in [2.05, 4.69) is 16.9 Å². The van der Waals surface area contributed by atoms with E-state index in [0.29, 0.717) is 5.92 Å². The molecule has 0 radical (unpaired) electrons. The SMILES string of the molecule is CN1CCC(CCN=C(N)C2CC2)CC1. The molecule has 0 aromatic carbocycles. The van der Waals surface area contributed by atoms with Crippen LogP contribution in [0.2, 0.25) is 0 Å². The lowest BCUT2D eigenvalue weighted by molar-refractivity contribution is 0.214. The van der Waals surface area contributed by atoms with Crippen molar-refractivity contribution in [1.82, 2.24) is 4.90 Å². The molecule has 86 valence electrons. The van der Waals surface area contributed by atoms with Gasteiger partial charge in [0.2, 0.25) is 0 Å². The molecule has 0 aromatic heterocycles. The molecule has 1 saturated heterocycles. The van der Waals surface area contributed by atoms with Crippen molar-refractivity contribution in [2.24, 2.45) is 22.6 Å². The fourth-order valence-corrected chi connectivity index (χ4v) is 2.24. The summed E-state index contributed by atoms with van der Waals surface area (Å²) < 4.78 is 0. The van der Waals surface area contributed by atoms with Crippen molar-refractivity contribution in [2.45, 2.75) is 32.1 Å². The van der Waals surface area contributed by atoms with Crippen LogP contribution in [0.3, 0.4) is 0 Å². The van der Waals surface area contributed by atoms with E-state index in [1.807, 2.05) is 0 Å². The van der Waals surface area contributed by atoms with E-state index >= 15 is 0 Å². The summed E-state index contributed by atoms with van der Waals surface area (Å²) in [6.07, 6.45) is 6.46. The highest BCUT2D eigenvalue weighted by molar-refractivity contribution is 5.84. The standard InChI is InChI=1S/C12H23N3/c1-15-8-5-10(6-9-15)4-7-14-12(13)11-2-3-11/h10-11H,2-9H2,1H3,(H2,13,14). The highest BCUT2D eigenvalue weighted by Gasteiger charge is 2.25. The van der Waals surface area contributed by atoms with Crippen LogP contribution in [0.25, 0.3) is 0 Å². The van der Waals surface area contributed by atoms with Gasteiger partial charge in [0.1, 0.15) is 0 Å². The Morgan fingerprint density at radius 2 is 1.93 bits per heavy atom. The minimum Gasteiger partial charge on any atom is -0.387 e. The van der Waals surface area contributed by atoms with Gasteiger partial charge in [-0.25, -0.2) is 0 Å². The first-order chi connectivity index (χ1) is 7.25. The molecule has 0 atom stereocenters. The number of hydrogen-bond donors (Lipinski definition) is 1. The maximum absolute atomic E-state index is 5.86. The van der Waals surface area contributed by atoms with Crippen LogP contribution in [0.15, 0.2) is 4.99 Å². The van der Waals surface area contributed by atoms with E-state index in [4.69, 9.17) is 5.73 Å². The third-order valence-electron chi connectivity index (χ3n) is 3.67. The van der Waals surface area contributed by atoms with E-state index in [1.54, 1.807) is 0 Å². The van der Waals surface area contributed by atoms with Crippen molar-refractivity contribution in [3.63, 3.8) is 0 Å². The molecule has 1 saturated carbocycles. The van der Waals surface area contributed by atoms with Gasteiger partial charge in [-0.2, -0.15) is 0 Å². The maximum Gasteiger partial charge on any atom is 0.0968 e. The van der Waals surface area contributed by atoms with E-state index in [9.17, 15) is 0 Å². The van der Waals surface area contributed by atoms with Gasteiger partial charge in [-0.1, -0.05) is 0 Å². The highest BCUT2D eigenvalue weighted by atomic mass is 15.1. The van der Waals surface area contributed by atoms with Crippen LogP contribution in [-0.4, -0.2) is 37.4 Å². The summed E-state index contributed by atoms with van der Waals surface area (Å²) in [7, 11) is 2.21. The Morgan fingerprint density at radius 1 is 1.27 bits per heavy atom. The first kappa shape index (κ1) is 10.9. The Labute approximate surface area is 92.7 Å². The summed E-state index contributed by atoms with van der Waals surface area (Å²) in [6, 6.07) is 0. The zero-order chi connectivity index (χ0) is 10.7. The predicted molar refractivity (Wildman–Crippen MR) is 64.1 cm³/mol.